The average Bonchev–Trinajstić information content (AvgIpc) is 3.34. The number of hydrogen-bond acceptors (Lipinski definition) is 3. The number of benzene rings is 2. The first-order chi connectivity index (χ1) is 17.0. The molecule has 0 spiro atoms. The summed E-state index contributed by atoms with van der Waals surface area (Å²) in [7, 11) is 1.91. The normalized spacial score (nSPS) is 26.7. The van der Waals surface area contributed by atoms with E-state index in [4.69, 9.17) is 11.6 Å². The Bertz CT molecular complexity index is 1020. The second-order valence-electron chi connectivity index (χ2n) is 10.6. The smallest absolute Gasteiger partial charge is 0.253 e. The van der Waals surface area contributed by atoms with Gasteiger partial charge in [-0.25, -0.2) is 0 Å². The summed E-state index contributed by atoms with van der Waals surface area (Å²) in [5.74, 6) is 0.839. The number of rotatable bonds is 5. The quantitative estimate of drug-likeness (QED) is 0.559. The van der Waals surface area contributed by atoms with Crippen molar-refractivity contribution in [2.24, 2.45) is 5.92 Å². The summed E-state index contributed by atoms with van der Waals surface area (Å²) in [6, 6.07) is 16.4. The van der Waals surface area contributed by atoms with Gasteiger partial charge in [0, 0.05) is 41.9 Å². The predicted octanol–water partition coefficient (Wildman–Crippen LogP) is 5.95. The monoisotopic (exact) mass is 493 g/mol. The number of fused-ring (bicyclic) bond motifs is 1. The molecule has 2 aromatic carbocycles. The van der Waals surface area contributed by atoms with Gasteiger partial charge in [0.05, 0.1) is 5.92 Å². The van der Waals surface area contributed by atoms with E-state index in [2.05, 4.69) is 34.5 Å². The fraction of sp³-hybridized carbons (Fsp3) is 0.517. The fourth-order valence-electron chi connectivity index (χ4n) is 6.28. The van der Waals surface area contributed by atoms with Crippen LogP contribution in [0.3, 0.4) is 0 Å². The first kappa shape index (κ1) is 24.3. The molecule has 2 saturated heterocycles. The van der Waals surface area contributed by atoms with Gasteiger partial charge in [0.25, 0.3) is 5.91 Å². The van der Waals surface area contributed by atoms with E-state index in [1.54, 1.807) is 24.3 Å². The van der Waals surface area contributed by atoms with Gasteiger partial charge in [0.2, 0.25) is 5.91 Å². The number of piperidine rings is 1. The Morgan fingerprint density at radius 3 is 2.34 bits per heavy atom. The van der Waals surface area contributed by atoms with Gasteiger partial charge in [-0.05, 0) is 99.4 Å². The van der Waals surface area contributed by atoms with E-state index in [-0.39, 0.29) is 23.8 Å². The van der Waals surface area contributed by atoms with Crippen LogP contribution in [0, 0.1) is 5.92 Å². The van der Waals surface area contributed by atoms with Gasteiger partial charge < -0.3 is 10.2 Å². The topological polar surface area (TPSA) is 52.7 Å². The SMILES string of the molecule is CN(C(=O)c1ccc(Cl)cc1)C1CCC(c2ccc(NC(=O)[C@H]3C[C@@H]4CCCCN4C3)cc2)CC1. The Hall–Kier alpha value is -2.37. The molecule has 6 heteroatoms. The van der Waals surface area contributed by atoms with E-state index in [1.807, 2.05) is 11.9 Å². The summed E-state index contributed by atoms with van der Waals surface area (Å²) in [6.45, 7) is 2.06. The highest BCUT2D eigenvalue weighted by Gasteiger charge is 2.37. The van der Waals surface area contributed by atoms with Crippen LogP contribution in [0.4, 0.5) is 5.69 Å². The van der Waals surface area contributed by atoms with E-state index in [0.717, 1.165) is 50.9 Å². The van der Waals surface area contributed by atoms with E-state index < -0.39 is 0 Å². The summed E-state index contributed by atoms with van der Waals surface area (Å²) in [6.07, 6.45) is 8.93. The lowest BCUT2D eigenvalue weighted by Crippen LogP contribution is -2.39. The van der Waals surface area contributed by atoms with Crippen molar-refractivity contribution in [3.63, 3.8) is 0 Å². The molecule has 0 aromatic heterocycles. The van der Waals surface area contributed by atoms with Crippen LogP contribution >= 0.6 is 11.6 Å². The second-order valence-corrected chi connectivity index (χ2v) is 11.1. The predicted molar refractivity (Wildman–Crippen MR) is 141 cm³/mol. The molecule has 1 aliphatic carbocycles. The Morgan fingerprint density at radius 2 is 1.66 bits per heavy atom. The molecule has 0 bridgehead atoms. The molecule has 2 aliphatic heterocycles. The number of amides is 2. The highest BCUT2D eigenvalue weighted by atomic mass is 35.5. The van der Waals surface area contributed by atoms with Gasteiger partial charge in [0.1, 0.15) is 0 Å². The summed E-state index contributed by atoms with van der Waals surface area (Å²) >= 11 is 5.96. The van der Waals surface area contributed by atoms with Gasteiger partial charge in [-0.3, -0.25) is 14.5 Å². The number of nitrogens with one attached hydrogen (secondary N) is 1. The zero-order chi connectivity index (χ0) is 24.4. The number of halogens is 1. The van der Waals surface area contributed by atoms with Gasteiger partial charge in [-0.1, -0.05) is 30.2 Å². The summed E-state index contributed by atoms with van der Waals surface area (Å²) in [5, 5.41) is 3.80. The molecular weight excluding hydrogens is 458 g/mol. The van der Waals surface area contributed by atoms with E-state index in [9.17, 15) is 9.59 Å². The molecule has 5 rings (SSSR count). The van der Waals surface area contributed by atoms with Crippen molar-refractivity contribution in [2.45, 2.75) is 69.4 Å². The van der Waals surface area contributed by atoms with Crippen LogP contribution in [0.1, 0.15) is 73.2 Å². The average molecular weight is 494 g/mol. The summed E-state index contributed by atoms with van der Waals surface area (Å²) in [4.78, 5) is 30.1. The first-order valence-corrected chi connectivity index (χ1v) is 13.5. The number of carbonyl (C=O) groups is 2. The van der Waals surface area contributed by atoms with Crippen LogP contribution in [0.25, 0.3) is 0 Å². The minimum atomic E-state index is 0.0588. The second kappa shape index (κ2) is 10.7. The maximum Gasteiger partial charge on any atom is 0.253 e. The van der Waals surface area contributed by atoms with Crippen molar-refractivity contribution in [1.82, 2.24) is 9.80 Å². The van der Waals surface area contributed by atoms with Gasteiger partial charge >= 0.3 is 0 Å². The molecule has 2 heterocycles. The van der Waals surface area contributed by atoms with Crippen LogP contribution in [0.2, 0.25) is 5.02 Å². The Kier molecular flexibility index (Phi) is 7.45. The molecule has 2 aromatic rings. The molecule has 2 atom stereocenters. The maximum atomic E-state index is 12.8. The zero-order valence-electron chi connectivity index (χ0n) is 20.6. The minimum absolute atomic E-state index is 0.0588. The molecular formula is C29H36ClN3O2. The van der Waals surface area contributed by atoms with Crippen molar-refractivity contribution < 1.29 is 9.59 Å². The summed E-state index contributed by atoms with van der Waals surface area (Å²) < 4.78 is 0. The lowest BCUT2D eigenvalue weighted by molar-refractivity contribution is -0.119. The highest BCUT2D eigenvalue weighted by molar-refractivity contribution is 6.30. The summed E-state index contributed by atoms with van der Waals surface area (Å²) in [5.41, 5.74) is 2.90. The van der Waals surface area contributed by atoms with Gasteiger partial charge in [0.15, 0.2) is 0 Å². The lowest BCUT2D eigenvalue weighted by Gasteiger charge is -2.35. The highest BCUT2D eigenvalue weighted by Crippen LogP contribution is 2.36. The molecule has 1 N–H and O–H groups in total. The molecule has 3 fully saturated rings. The van der Waals surface area contributed by atoms with Crippen molar-refractivity contribution in [3.05, 3.63) is 64.7 Å². The van der Waals surface area contributed by atoms with Crippen molar-refractivity contribution in [1.29, 1.82) is 0 Å². The third-order valence-electron chi connectivity index (χ3n) is 8.44. The van der Waals surface area contributed by atoms with Gasteiger partial charge in [-0.15, -0.1) is 0 Å². The molecule has 35 heavy (non-hydrogen) atoms. The number of carbonyl (C=O) groups excluding carboxylic acids is 2. The molecule has 2 amide bonds. The van der Waals surface area contributed by atoms with Gasteiger partial charge in [-0.2, -0.15) is 0 Å². The van der Waals surface area contributed by atoms with Crippen LogP contribution in [-0.2, 0) is 4.79 Å². The third-order valence-corrected chi connectivity index (χ3v) is 8.69. The Labute approximate surface area is 213 Å². The maximum absolute atomic E-state index is 12.8. The first-order valence-electron chi connectivity index (χ1n) is 13.2. The molecule has 0 radical (unpaired) electrons. The van der Waals surface area contributed by atoms with Crippen LogP contribution in [0.5, 0.6) is 0 Å². The Morgan fingerprint density at radius 1 is 0.943 bits per heavy atom. The third kappa shape index (κ3) is 5.57. The molecule has 3 aliphatic rings. The molecule has 5 nitrogen and oxygen atoms in total. The number of anilines is 1. The number of hydrogen-bond donors (Lipinski definition) is 1. The molecule has 1 saturated carbocycles. The Balaban J connectivity index is 1.11. The zero-order valence-corrected chi connectivity index (χ0v) is 21.3. The van der Waals surface area contributed by atoms with Crippen molar-refractivity contribution in [3.8, 4) is 0 Å². The van der Waals surface area contributed by atoms with E-state index in [1.165, 1.54) is 24.8 Å². The minimum Gasteiger partial charge on any atom is -0.339 e. The number of nitrogens with zero attached hydrogens (tertiary/aromatic N) is 2. The van der Waals surface area contributed by atoms with E-state index in [0.29, 0.717) is 22.5 Å². The molecule has 186 valence electrons. The van der Waals surface area contributed by atoms with Crippen LogP contribution in [0.15, 0.2) is 48.5 Å². The van der Waals surface area contributed by atoms with Crippen molar-refractivity contribution >= 4 is 29.1 Å². The van der Waals surface area contributed by atoms with Crippen molar-refractivity contribution in [2.75, 3.05) is 25.5 Å². The fourth-order valence-corrected chi connectivity index (χ4v) is 6.41. The van der Waals surface area contributed by atoms with Crippen LogP contribution in [-0.4, -0.2) is 53.8 Å². The van der Waals surface area contributed by atoms with E-state index >= 15 is 0 Å². The molecule has 0 unspecified atom stereocenters. The standard InChI is InChI=1S/C29H36ClN3O2/c1-32(29(35)22-5-11-24(30)12-6-22)26-15-9-21(10-16-26)20-7-13-25(14-8-20)31-28(34)23-18-27-4-2-3-17-33(27)19-23/h5-8,11-14,21,23,26-27H,2-4,9-10,15-19H2,1H3,(H,31,34)/t21?,23-,26?,27-/m0/s1. The van der Waals surface area contributed by atoms with Crippen LogP contribution < -0.4 is 5.32 Å². The lowest BCUT2D eigenvalue weighted by atomic mass is 9.81. The largest absolute Gasteiger partial charge is 0.339 e.